The third kappa shape index (κ3) is 16.8. The summed E-state index contributed by atoms with van der Waals surface area (Å²) in [6.45, 7) is 10.2. The number of benzene rings is 3. The summed E-state index contributed by atoms with van der Waals surface area (Å²) in [5.41, 5.74) is -0.182. The van der Waals surface area contributed by atoms with Gasteiger partial charge in [-0.1, -0.05) is 51.7 Å². The van der Waals surface area contributed by atoms with Crippen molar-refractivity contribution < 1.29 is 57.1 Å². The van der Waals surface area contributed by atoms with Crippen molar-refractivity contribution in [2.24, 2.45) is 0 Å². The summed E-state index contributed by atoms with van der Waals surface area (Å²) in [6.07, 6.45) is 11.5. The molecule has 0 radical (unpaired) electrons. The zero-order valence-electron chi connectivity index (χ0n) is 31.4. The molecule has 12 nitrogen and oxygen atoms in total. The molecule has 0 atom stereocenters. The first-order chi connectivity index (χ1) is 26.7. The van der Waals surface area contributed by atoms with E-state index in [1.165, 1.54) is 18.2 Å². The van der Waals surface area contributed by atoms with Crippen LogP contribution < -0.4 is 18.9 Å². The predicted molar refractivity (Wildman–Crippen MR) is 205 cm³/mol. The number of esters is 5. The second-order valence-electron chi connectivity index (χ2n) is 12.2. The first kappa shape index (κ1) is 43.5. The van der Waals surface area contributed by atoms with Gasteiger partial charge in [0.2, 0.25) is 0 Å². The van der Waals surface area contributed by atoms with Crippen LogP contribution in [0.15, 0.2) is 92.0 Å². The maximum absolute atomic E-state index is 13.2. The fourth-order valence-electron chi connectivity index (χ4n) is 5.08. The van der Waals surface area contributed by atoms with E-state index in [-0.39, 0.29) is 34.8 Å². The van der Waals surface area contributed by atoms with Crippen LogP contribution in [0.5, 0.6) is 23.0 Å². The Morgan fingerprint density at radius 3 is 1.35 bits per heavy atom. The van der Waals surface area contributed by atoms with Gasteiger partial charge in [0.1, 0.15) is 23.0 Å². The topological polar surface area (TPSA) is 150 Å². The number of rotatable bonds is 26. The van der Waals surface area contributed by atoms with Crippen molar-refractivity contribution in [1.82, 2.24) is 0 Å². The Kier molecular flexibility index (Phi) is 19.9. The number of hydrogen-bond acceptors (Lipinski definition) is 12. The van der Waals surface area contributed by atoms with Gasteiger partial charge in [-0.25, -0.2) is 24.0 Å². The van der Waals surface area contributed by atoms with Gasteiger partial charge in [-0.2, -0.15) is 0 Å². The van der Waals surface area contributed by atoms with E-state index in [2.05, 4.69) is 13.2 Å². The Labute approximate surface area is 322 Å². The molecule has 0 unspecified atom stereocenters. The van der Waals surface area contributed by atoms with E-state index in [0.29, 0.717) is 37.9 Å². The summed E-state index contributed by atoms with van der Waals surface area (Å²) in [5, 5.41) is 0. The molecule has 0 saturated heterocycles. The summed E-state index contributed by atoms with van der Waals surface area (Å²) in [5.74, 6) is -1.41. The molecule has 0 spiro atoms. The summed E-state index contributed by atoms with van der Waals surface area (Å²) >= 11 is 0. The van der Waals surface area contributed by atoms with Gasteiger partial charge in [0.15, 0.2) is 0 Å². The quantitative estimate of drug-likeness (QED) is 0.0254. The van der Waals surface area contributed by atoms with Crippen LogP contribution in [-0.4, -0.2) is 62.9 Å². The molecule has 294 valence electrons. The molecule has 0 aliphatic rings. The minimum Gasteiger partial charge on any atom is -0.494 e. The third-order valence-electron chi connectivity index (χ3n) is 7.98. The average Bonchev–Trinajstić information content (AvgIpc) is 3.20. The first-order valence-corrected chi connectivity index (χ1v) is 18.5. The van der Waals surface area contributed by atoms with Gasteiger partial charge in [0.05, 0.1) is 49.7 Å². The van der Waals surface area contributed by atoms with E-state index in [0.717, 1.165) is 76.4 Å². The molecule has 0 heterocycles. The van der Waals surface area contributed by atoms with Crippen molar-refractivity contribution >= 4 is 29.8 Å². The van der Waals surface area contributed by atoms with Crippen molar-refractivity contribution in [3.63, 3.8) is 0 Å². The van der Waals surface area contributed by atoms with Gasteiger partial charge < -0.3 is 33.2 Å². The molecule has 0 aliphatic heterocycles. The highest BCUT2D eigenvalue weighted by Gasteiger charge is 2.23. The Hall–Kier alpha value is -5.91. The Bertz CT molecular complexity index is 1700. The minimum atomic E-state index is -0.807. The number of unbranched alkanes of at least 4 members (excludes halogenated alkanes) is 8. The molecule has 0 aromatic heterocycles. The lowest BCUT2D eigenvalue weighted by Crippen LogP contribution is -2.18. The lowest BCUT2D eigenvalue weighted by molar-refractivity contribution is -0.138. The van der Waals surface area contributed by atoms with Crippen LogP contribution in [-0.2, 0) is 23.8 Å². The van der Waals surface area contributed by atoms with E-state index in [4.69, 9.17) is 33.2 Å². The SMILES string of the molecule is C=CC(=O)OCCCCCCCOc1ccc(OC(=O)c2ccc(C(=O)Oc3ccc(OCCCCCCCOC(=O)C=C)cc3)c(C(=O)OCC)c2)cc1. The van der Waals surface area contributed by atoms with Crippen molar-refractivity contribution in [2.75, 3.05) is 33.0 Å². The van der Waals surface area contributed by atoms with Crippen LogP contribution in [0.3, 0.4) is 0 Å². The molecule has 0 N–H and O–H groups in total. The van der Waals surface area contributed by atoms with Crippen molar-refractivity contribution in [3.05, 3.63) is 109 Å². The fraction of sp³-hybridized carbons (Fsp3) is 0.372. The molecule has 0 amide bonds. The number of hydrogen-bond donors (Lipinski definition) is 0. The molecule has 3 rings (SSSR count). The van der Waals surface area contributed by atoms with Crippen LogP contribution in [0, 0.1) is 0 Å². The normalized spacial score (nSPS) is 10.4. The second kappa shape index (κ2) is 25.2. The van der Waals surface area contributed by atoms with E-state index in [1.54, 1.807) is 55.5 Å². The van der Waals surface area contributed by atoms with E-state index < -0.39 is 29.8 Å². The van der Waals surface area contributed by atoms with Crippen molar-refractivity contribution in [2.45, 2.75) is 71.1 Å². The third-order valence-corrected chi connectivity index (χ3v) is 7.98. The van der Waals surface area contributed by atoms with Gasteiger partial charge >= 0.3 is 29.8 Å². The molecule has 55 heavy (non-hydrogen) atoms. The maximum atomic E-state index is 13.2. The molecular weight excluding hydrogens is 708 g/mol. The van der Waals surface area contributed by atoms with Gasteiger partial charge in [-0.15, -0.1) is 0 Å². The standard InChI is InChI=1S/C43H50O12/c1-4-39(44)52-29-15-11-7-9-13-27-50-33-18-22-35(23-19-33)54-41(46)32-17-26-37(38(31-32)42(47)49-6-3)43(48)55-36-24-20-34(21-25-36)51-28-14-10-8-12-16-30-53-40(45)5-2/h4-5,17-26,31H,1-2,6-16,27-30H2,3H3. The molecule has 0 aliphatic carbocycles. The highest BCUT2D eigenvalue weighted by Crippen LogP contribution is 2.23. The Balaban J connectivity index is 1.45. The summed E-state index contributed by atoms with van der Waals surface area (Å²) in [4.78, 5) is 61.1. The molecule has 0 bridgehead atoms. The largest absolute Gasteiger partial charge is 0.494 e. The smallest absolute Gasteiger partial charge is 0.344 e. The van der Waals surface area contributed by atoms with E-state index in [9.17, 15) is 24.0 Å². The lowest BCUT2D eigenvalue weighted by Gasteiger charge is -2.12. The summed E-state index contributed by atoms with van der Waals surface area (Å²) in [7, 11) is 0. The van der Waals surface area contributed by atoms with E-state index >= 15 is 0 Å². The molecule has 0 fully saturated rings. The van der Waals surface area contributed by atoms with Crippen molar-refractivity contribution in [3.8, 4) is 23.0 Å². The molecule has 0 saturated carbocycles. The molecular formula is C43H50O12. The van der Waals surface area contributed by atoms with Gasteiger partial charge in [0, 0.05) is 12.2 Å². The molecule has 3 aromatic rings. The highest BCUT2D eigenvalue weighted by atomic mass is 16.6. The minimum absolute atomic E-state index is 0.0364. The van der Waals surface area contributed by atoms with Crippen LogP contribution in [0.4, 0.5) is 0 Å². The monoisotopic (exact) mass is 758 g/mol. The Morgan fingerprint density at radius 1 is 0.473 bits per heavy atom. The highest BCUT2D eigenvalue weighted by molar-refractivity contribution is 6.06. The van der Waals surface area contributed by atoms with Gasteiger partial charge in [-0.3, -0.25) is 0 Å². The number of carbonyl (C=O) groups is 5. The van der Waals surface area contributed by atoms with Crippen LogP contribution in [0.1, 0.15) is 102 Å². The summed E-state index contributed by atoms with van der Waals surface area (Å²) < 4.78 is 37.7. The summed E-state index contributed by atoms with van der Waals surface area (Å²) in [6, 6.07) is 17.1. The number of carbonyl (C=O) groups excluding carboxylic acids is 5. The van der Waals surface area contributed by atoms with Gasteiger partial charge in [0.25, 0.3) is 0 Å². The average molecular weight is 759 g/mol. The Morgan fingerprint density at radius 2 is 0.891 bits per heavy atom. The van der Waals surface area contributed by atoms with Crippen LogP contribution in [0.25, 0.3) is 0 Å². The maximum Gasteiger partial charge on any atom is 0.344 e. The van der Waals surface area contributed by atoms with Crippen LogP contribution >= 0.6 is 0 Å². The van der Waals surface area contributed by atoms with Crippen molar-refractivity contribution in [1.29, 1.82) is 0 Å². The van der Waals surface area contributed by atoms with E-state index in [1.807, 2.05) is 0 Å². The van der Waals surface area contributed by atoms with Crippen LogP contribution in [0.2, 0.25) is 0 Å². The lowest BCUT2D eigenvalue weighted by atomic mass is 10.0. The zero-order valence-corrected chi connectivity index (χ0v) is 31.4. The zero-order chi connectivity index (χ0) is 39.7. The van der Waals surface area contributed by atoms with Gasteiger partial charge in [-0.05, 0) is 99.3 Å². The second-order valence-corrected chi connectivity index (χ2v) is 12.2. The fourth-order valence-corrected chi connectivity index (χ4v) is 5.08. The molecule has 3 aromatic carbocycles. The molecule has 12 heteroatoms. The first-order valence-electron chi connectivity index (χ1n) is 18.5. The predicted octanol–water partition coefficient (Wildman–Crippen LogP) is 8.42. The number of ether oxygens (including phenoxy) is 7.